The Kier molecular flexibility index (Phi) is 4.45. The minimum Gasteiger partial charge on any atom is -0.399 e. The summed E-state index contributed by atoms with van der Waals surface area (Å²) in [6.45, 7) is 1.60. The molecule has 1 fully saturated rings. The maximum absolute atomic E-state index is 12.0. The third kappa shape index (κ3) is 4.32. The summed E-state index contributed by atoms with van der Waals surface area (Å²) in [5.74, 6) is 0. The number of rotatable bonds is 4. The van der Waals surface area contributed by atoms with Gasteiger partial charge in [-0.3, -0.25) is 0 Å². The molecular formula is C12H19N3O4S2. The molecule has 0 aromatic heterocycles. The minimum absolute atomic E-state index is 0.280. The number of benzene rings is 1. The fourth-order valence-electron chi connectivity index (χ4n) is 2.25. The van der Waals surface area contributed by atoms with Crippen LogP contribution in [-0.2, 0) is 19.9 Å². The monoisotopic (exact) mass is 333 g/mol. The summed E-state index contributed by atoms with van der Waals surface area (Å²) in [6, 6.07) is 7.36. The lowest BCUT2D eigenvalue weighted by Gasteiger charge is -2.35. The zero-order valence-corrected chi connectivity index (χ0v) is 13.4. The average Bonchev–Trinajstić information content (AvgIpc) is 2.37. The van der Waals surface area contributed by atoms with Crippen LogP contribution in [0.1, 0.15) is 0 Å². The summed E-state index contributed by atoms with van der Waals surface area (Å²) in [6.07, 6.45) is 0.926. The van der Waals surface area contributed by atoms with E-state index >= 15 is 0 Å². The molecule has 9 heteroatoms. The van der Waals surface area contributed by atoms with Crippen molar-refractivity contribution in [2.45, 2.75) is 0 Å². The molecule has 0 radical (unpaired) electrons. The van der Waals surface area contributed by atoms with Gasteiger partial charge in [0, 0.05) is 43.8 Å². The van der Waals surface area contributed by atoms with Gasteiger partial charge < -0.3 is 10.6 Å². The van der Waals surface area contributed by atoms with Gasteiger partial charge in [-0.2, -0.15) is 4.31 Å². The number of hydrogen-bond acceptors (Lipinski definition) is 6. The first-order valence-electron chi connectivity index (χ1n) is 6.43. The fourth-order valence-corrected chi connectivity index (χ4v) is 5.73. The van der Waals surface area contributed by atoms with Crippen molar-refractivity contribution >= 4 is 31.2 Å². The number of nitrogen functional groups attached to an aromatic ring is 1. The van der Waals surface area contributed by atoms with Crippen molar-refractivity contribution in [1.82, 2.24) is 4.31 Å². The number of piperazine rings is 1. The average molecular weight is 333 g/mol. The number of nitrogens with two attached hydrogens (primary N) is 1. The van der Waals surface area contributed by atoms with E-state index in [1.54, 1.807) is 12.1 Å². The first-order valence-corrected chi connectivity index (χ1v) is 10.1. The first-order chi connectivity index (χ1) is 9.67. The molecule has 7 nitrogen and oxygen atoms in total. The fraction of sp³-hybridized carbons (Fsp3) is 0.500. The highest BCUT2D eigenvalue weighted by Gasteiger charge is 2.29. The highest BCUT2D eigenvalue weighted by molar-refractivity contribution is 8.06. The van der Waals surface area contributed by atoms with Crippen LogP contribution in [0, 0.1) is 0 Å². The van der Waals surface area contributed by atoms with Crippen molar-refractivity contribution in [3.8, 4) is 0 Å². The van der Waals surface area contributed by atoms with Gasteiger partial charge in [-0.05, 0) is 24.3 Å². The zero-order valence-electron chi connectivity index (χ0n) is 11.8. The molecule has 2 N–H and O–H groups in total. The second kappa shape index (κ2) is 5.82. The summed E-state index contributed by atoms with van der Waals surface area (Å²) < 4.78 is 47.6. The van der Waals surface area contributed by atoms with Gasteiger partial charge in [0.1, 0.15) is 0 Å². The quantitative estimate of drug-likeness (QED) is 0.761. The lowest BCUT2D eigenvalue weighted by molar-refractivity contribution is 0.387. The van der Waals surface area contributed by atoms with E-state index in [0.29, 0.717) is 18.8 Å². The summed E-state index contributed by atoms with van der Waals surface area (Å²) in [5, 5.41) is -0.831. The van der Waals surface area contributed by atoms with Gasteiger partial charge in [-0.15, -0.1) is 0 Å². The Morgan fingerprint density at radius 3 is 2.00 bits per heavy atom. The van der Waals surface area contributed by atoms with E-state index in [0.717, 1.165) is 11.9 Å². The molecule has 0 atom stereocenters. The van der Waals surface area contributed by atoms with Crippen LogP contribution in [-0.4, -0.2) is 58.7 Å². The SMILES string of the molecule is CS(=O)(=O)CS(=O)(=O)N1CCN(c2ccc(N)cc2)CC1. The Balaban J connectivity index is 2.02. The van der Waals surface area contributed by atoms with Crippen LogP contribution in [0.15, 0.2) is 24.3 Å². The van der Waals surface area contributed by atoms with Crippen molar-refractivity contribution in [1.29, 1.82) is 0 Å². The van der Waals surface area contributed by atoms with Crippen LogP contribution in [0.2, 0.25) is 0 Å². The van der Waals surface area contributed by atoms with E-state index in [1.165, 1.54) is 4.31 Å². The van der Waals surface area contributed by atoms with Crippen LogP contribution in [0.5, 0.6) is 0 Å². The lowest BCUT2D eigenvalue weighted by atomic mass is 10.2. The molecule has 0 bridgehead atoms. The molecule has 1 aliphatic heterocycles. The van der Waals surface area contributed by atoms with Crippen LogP contribution < -0.4 is 10.6 Å². The molecular weight excluding hydrogens is 314 g/mol. The molecule has 0 amide bonds. The van der Waals surface area contributed by atoms with Crippen molar-refractivity contribution in [2.75, 3.05) is 48.2 Å². The van der Waals surface area contributed by atoms with Gasteiger partial charge in [0.2, 0.25) is 10.0 Å². The molecule has 0 unspecified atom stereocenters. The molecule has 118 valence electrons. The van der Waals surface area contributed by atoms with Gasteiger partial charge >= 0.3 is 0 Å². The largest absolute Gasteiger partial charge is 0.399 e. The standard InChI is InChI=1S/C12H19N3O4S2/c1-20(16,17)10-21(18,19)15-8-6-14(7-9-15)12-4-2-11(13)3-5-12/h2-5H,6-10,13H2,1H3. The minimum atomic E-state index is -3.75. The van der Waals surface area contributed by atoms with Crippen LogP contribution in [0.25, 0.3) is 0 Å². The van der Waals surface area contributed by atoms with Crippen molar-refractivity contribution in [3.63, 3.8) is 0 Å². The molecule has 1 heterocycles. The summed E-state index contributed by atoms with van der Waals surface area (Å²) >= 11 is 0. The zero-order chi connectivity index (χ0) is 15.7. The first kappa shape index (κ1) is 16.1. The molecule has 0 aliphatic carbocycles. The van der Waals surface area contributed by atoms with Gasteiger partial charge in [-0.1, -0.05) is 0 Å². The molecule has 1 saturated heterocycles. The van der Waals surface area contributed by atoms with Gasteiger partial charge in [-0.25, -0.2) is 16.8 Å². The number of sulfone groups is 1. The Labute approximate surface area is 125 Å². The summed E-state index contributed by atoms with van der Waals surface area (Å²) in [5.41, 5.74) is 7.28. The van der Waals surface area contributed by atoms with E-state index in [1.807, 2.05) is 17.0 Å². The van der Waals surface area contributed by atoms with E-state index in [-0.39, 0.29) is 13.1 Å². The molecule has 1 aliphatic rings. The van der Waals surface area contributed by atoms with E-state index in [9.17, 15) is 16.8 Å². The van der Waals surface area contributed by atoms with Gasteiger partial charge in [0.25, 0.3) is 0 Å². The smallest absolute Gasteiger partial charge is 0.228 e. The predicted molar refractivity (Wildman–Crippen MR) is 83.3 cm³/mol. The van der Waals surface area contributed by atoms with E-state index in [4.69, 9.17) is 5.73 Å². The molecule has 0 saturated carbocycles. The topological polar surface area (TPSA) is 101 Å². The molecule has 1 aromatic carbocycles. The third-order valence-corrected chi connectivity index (χ3v) is 7.31. The molecule has 0 spiro atoms. The van der Waals surface area contributed by atoms with E-state index < -0.39 is 24.9 Å². The van der Waals surface area contributed by atoms with Crippen molar-refractivity contribution < 1.29 is 16.8 Å². The Morgan fingerprint density at radius 2 is 1.52 bits per heavy atom. The summed E-state index contributed by atoms with van der Waals surface area (Å²) in [7, 11) is -7.31. The highest BCUT2D eigenvalue weighted by atomic mass is 32.3. The van der Waals surface area contributed by atoms with Crippen molar-refractivity contribution in [2.24, 2.45) is 0 Å². The summed E-state index contributed by atoms with van der Waals surface area (Å²) in [4.78, 5) is 2.05. The van der Waals surface area contributed by atoms with E-state index in [2.05, 4.69) is 0 Å². The molecule has 1 aromatic rings. The Morgan fingerprint density at radius 1 is 1.00 bits per heavy atom. The number of sulfonamides is 1. The lowest BCUT2D eigenvalue weighted by Crippen LogP contribution is -2.49. The molecule has 2 rings (SSSR count). The maximum atomic E-state index is 12.0. The second-order valence-corrected chi connectivity index (χ2v) is 9.61. The Hall–Kier alpha value is -1.32. The second-order valence-electron chi connectivity index (χ2n) is 5.13. The predicted octanol–water partition coefficient (Wildman–Crippen LogP) is -0.277. The number of hydrogen-bond donors (Lipinski definition) is 1. The maximum Gasteiger partial charge on any atom is 0.228 e. The van der Waals surface area contributed by atoms with Crippen molar-refractivity contribution in [3.05, 3.63) is 24.3 Å². The van der Waals surface area contributed by atoms with Crippen LogP contribution in [0.4, 0.5) is 11.4 Å². The number of nitrogens with zero attached hydrogens (tertiary/aromatic N) is 2. The normalized spacial score (nSPS) is 17.9. The van der Waals surface area contributed by atoms with Gasteiger partial charge in [0.15, 0.2) is 14.9 Å². The molecule has 21 heavy (non-hydrogen) atoms. The van der Waals surface area contributed by atoms with Crippen LogP contribution in [0.3, 0.4) is 0 Å². The highest BCUT2D eigenvalue weighted by Crippen LogP contribution is 2.19. The van der Waals surface area contributed by atoms with Crippen LogP contribution >= 0.6 is 0 Å². The van der Waals surface area contributed by atoms with Gasteiger partial charge in [0.05, 0.1) is 0 Å². The number of anilines is 2. The third-order valence-electron chi connectivity index (χ3n) is 3.25. The Bertz CT molecular complexity index is 691.